The Hall–Kier alpha value is -2.89. The van der Waals surface area contributed by atoms with Crippen molar-refractivity contribution in [3.8, 4) is 5.06 Å². The van der Waals surface area contributed by atoms with Gasteiger partial charge in [-0.1, -0.05) is 0 Å². The van der Waals surface area contributed by atoms with E-state index in [-0.39, 0.29) is 34.6 Å². The van der Waals surface area contributed by atoms with Crippen molar-refractivity contribution in [1.82, 2.24) is 4.90 Å². The fourth-order valence-corrected chi connectivity index (χ4v) is 4.25. The van der Waals surface area contributed by atoms with E-state index in [0.717, 1.165) is 16.3 Å². The summed E-state index contributed by atoms with van der Waals surface area (Å²) >= 11 is 0.516. The molecule has 6 nitrogen and oxygen atoms in total. The summed E-state index contributed by atoms with van der Waals surface area (Å²) in [5.41, 5.74) is 0.132. The fraction of sp³-hybridized carbons (Fsp3) is 0.368. The monoisotopic (exact) mass is 465 g/mol. The Morgan fingerprint density at radius 3 is 2.65 bits per heavy atom. The molecule has 31 heavy (non-hydrogen) atoms. The van der Waals surface area contributed by atoms with Gasteiger partial charge in [0.25, 0.3) is 5.91 Å². The maximum absolute atomic E-state index is 14.9. The van der Waals surface area contributed by atoms with Gasteiger partial charge in [0, 0.05) is 22.7 Å². The van der Waals surface area contributed by atoms with Crippen LogP contribution in [-0.4, -0.2) is 47.6 Å². The molecule has 1 amide bonds. The zero-order valence-corrected chi connectivity index (χ0v) is 16.9. The highest BCUT2D eigenvalue weighted by Crippen LogP contribution is 2.45. The molecule has 0 spiro atoms. The molecule has 168 valence electrons. The van der Waals surface area contributed by atoms with Crippen molar-refractivity contribution >= 4 is 23.2 Å². The third kappa shape index (κ3) is 4.16. The number of hydrogen-bond acceptors (Lipinski definition) is 5. The van der Waals surface area contributed by atoms with Crippen LogP contribution in [0.1, 0.15) is 30.1 Å². The second-order valence-corrected chi connectivity index (χ2v) is 7.55. The van der Waals surface area contributed by atoms with Crippen molar-refractivity contribution < 1.29 is 46.1 Å². The Kier molecular flexibility index (Phi) is 6.12. The van der Waals surface area contributed by atoms with E-state index in [9.17, 15) is 36.6 Å². The number of halogens is 5. The quantitative estimate of drug-likeness (QED) is 0.590. The van der Waals surface area contributed by atoms with Gasteiger partial charge in [-0.15, -0.1) is 11.3 Å². The first-order valence-electron chi connectivity index (χ1n) is 8.81. The average Bonchev–Trinajstić information content (AvgIpc) is 3.24. The summed E-state index contributed by atoms with van der Waals surface area (Å²) in [6.07, 6.45) is -7.81. The predicted octanol–water partition coefficient (Wildman–Crippen LogP) is 4.72. The summed E-state index contributed by atoms with van der Waals surface area (Å²) in [7, 11) is 1.25. The predicted molar refractivity (Wildman–Crippen MR) is 98.7 cm³/mol. The number of fused-ring (bicyclic) bond motifs is 1. The standard InChI is InChI=1S/C19H16F5NO5S/c1-8-10(6-13(26)27)15-11(3-4-12(29-2)16(15)20)25(8)17(28)9-5-14(31-7-9)30-19(23,24)18(21)22/h4-5,7,11,18H,3,6H2,1-2H3,(H,26,27). The molecule has 0 aromatic carbocycles. The average molecular weight is 465 g/mol. The molecule has 0 radical (unpaired) electrons. The molecule has 12 heteroatoms. The number of rotatable bonds is 7. The molecule has 1 aliphatic carbocycles. The largest absolute Gasteiger partial charge is 0.494 e. The van der Waals surface area contributed by atoms with Gasteiger partial charge in [-0.25, -0.2) is 4.39 Å². The number of carbonyl (C=O) groups is 2. The Balaban J connectivity index is 1.96. The number of carbonyl (C=O) groups excluding carboxylic acids is 1. The second-order valence-electron chi connectivity index (χ2n) is 6.68. The van der Waals surface area contributed by atoms with E-state index < -0.39 is 47.8 Å². The number of nitrogens with zero attached hydrogens (tertiary/aromatic N) is 1. The molecular weight excluding hydrogens is 449 g/mol. The first-order valence-corrected chi connectivity index (χ1v) is 9.69. The van der Waals surface area contributed by atoms with E-state index in [1.165, 1.54) is 20.1 Å². The zero-order valence-electron chi connectivity index (χ0n) is 16.1. The normalized spacial score (nSPS) is 19.0. The molecule has 0 fully saturated rings. The van der Waals surface area contributed by atoms with Crippen molar-refractivity contribution in [2.75, 3.05) is 7.11 Å². The van der Waals surface area contributed by atoms with Gasteiger partial charge >= 0.3 is 18.5 Å². The van der Waals surface area contributed by atoms with Crippen LogP contribution in [0.15, 0.2) is 46.0 Å². The molecule has 2 aliphatic rings. The van der Waals surface area contributed by atoms with E-state index in [2.05, 4.69) is 4.74 Å². The summed E-state index contributed by atoms with van der Waals surface area (Å²) in [6, 6.07) is 0.0117. The molecule has 0 bridgehead atoms. The molecule has 0 saturated carbocycles. The third-order valence-electron chi connectivity index (χ3n) is 4.83. The van der Waals surface area contributed by atoms with Gasteiger partial charge in [0.15, 0.2) is 16.6 Å². The van der Waals surface area contributed by atoms with Crippen molar-refractivity contribution in [1.29, 1.82) is 0 Å². The molecule has 1 N–H and O–H groups in total. The van der Waals surface area contributed by atoms with Crippen molar-refractivity contribution in [2.45, 2.75) is 38.3 Å². The number of amides is 1. The lowest BCUT2D eigenvalue weighted by Gasteiger charge is -2.28. The molecule has 3 rings (SSSR count). The van der Waals surface area contributed by atoms with Crippen LogP contribution in [0, 0.1) is 0 Å². The highest BCUT2D eigenvalue weighted by atomic mass is 32.1. The zero-order chi connectivity index (χ0) is 23.1. The maximum Gasteiger partial charge on any atom is 0.461 e. The second kappa shape index (κ2) is 8.33. The van der Waals surface area contributed by atoms with E-state index in [1.54, 1.807) is 0 Å². The van der Waals surface area contributed by atoms with Gasteiger partial charge in [0.2, 0.25) is 0 Å². The minimum atomic E-state index is -4.73. The van der Waals surface area contributed by atoms with Gasteiger partial charge in [-0.05, 0) is 25.0 Å². The molecule has 1 aromatic heterocycles. The summed E-state index contributed by atoms with van der Waals surface area (Å²) in [5, 5.41) is 9.75. The summed E-state index contributed by atoms with van der Waals surface area (Å²) in [5.74, 6) is -2.86. The lowest BCUT2D eigenvalue weighted by molar-refractivity contribution is -0.251. The highest BCUT2D eigenvalue weighted by molar-refractivity contribution is 7.12. The Labute approximate surface area is 176 Å². The number of alkyl halides is 4. The van der Waals surface area contributed by atoms with Crippen LogP contribution in [0.4, 0.5) is 22.0 Å². The minimum Gasteiger partial charge on any atom is -0.494 e. The first-order chi connectivity index (χ1) is 14.5. The van der Waals surface area contributed by atoms with Gasteiger partial charge in [0.05, 0.1) is 25.1 Å². The lowest BCUT2D eigenvalue weighted by atomic mass is 9.91. The topological polar surface area (TPSA) is 76.1 Å². The molecular formula is C19H16F5NO5S. The summed E-state index contributed by atoms with van der Waals surface area (Å²) in [6.45, 7) is 1.44. The Morgan fingerprint density at radius 2 is 2.06 bits per heavy atom. The number of aliphatic carboxylic acids is 1. The van der Waals surface area contributed by atoms with Gasteiger partial charge in [-0.3, -0.25) is 9.59 Å². The van der Waals surface area contributed by atoms with Crippen molar-refractivity contribution in [3.63, 3.8) is 0 Å². The molecule has 1 aromatic rings. The molecule has 2 heterocycles. The van der Waals surface area contributed by atoms with Gasteiger partial charge < -0.3 is 19.5 Å². The number of thiophene rings is 1. The van der Waals surface area contributed by atoms with Crippen LogP contribution in [0.25, 0.3) is 0 Å². The smallest absolute Gasteiger partial charge is 0.461 e. The Bertz CT molecular complexity index is 1010. The van der Waals surface area contributed by atoms with E-state index >= 15 is 0 Å². The highest BCUT2D eigenvalue weighted by Gasteiger charge is 2.45. The van der Waals surface area contributed by atoms with Crippen molar-refractivity contribution in [2.24, 2.45) is 0 Å². The van der Waals surface area contributed by atoms with E-state index in [4.69, 9.17) is 4.74 Å². The first kappa shape index (κ1) is 22.8. The lowest BCUT2D eigenvalue weighted by Crippen LogP contribution is -2.37. The number of carboxylic acid groups (broad SMARTS) is 1. The van der Waals surface area contributed by atoms with Crippen LogP contribution in [0.5, 0.6) is 5.06 Å². The number of carboxylic acids is 1. The SMILES string of the molecule is COC1=CCC2C(=C1F)C(CC(=O)O)=C(C)N2C(=O)c1csc(OC(F)(F)C(F)F)c1. The maximum atomic E-state index is 14.9. The summed E-state index contributed by atoms with van der Waals surface area (Å²) in [4.78, 5) is 25.5. The number of methoxy groups -OCH3 is 1. The van der Waals surface area contributed by atoms with E-state index in [0.29, 0.717) is 11.3 Å². The van der Waals surface area contributed by atoms with Crippen LogP contribution in [-0.2, 0) is 9.53 Å². The van der Waals surface area contributed by atoms with Crippen LogP contribution in [0.2, 0.25) is 0 Å². The van der Waals surface area contributed by atoms with Crippen LogP contribution in [0.3, 0.4) is 0 Å². The van der Waals surface area contributed by atoms with Gasteiger partial charge in [0.1, 0.15) is 0 Å². The molecule has 1 aliphatic heterocycles. The molecule has 1 unspecified atom stereocenters. The summed E-state index contributed by atoms with van der Waals surface area (Å²) < 4.78 is 74.8. The molecule has 1 atom stereocenters. The number of ether oxygens (including phenoxy) is 2. The fourth-order valence-electron chi connectivity index (χ4n) is 3.49. The minimum absolute atomic E-state index is 0.00327. The number of hydrogen-bond donors (Lipinski definition) is 1. The van der Waals surface area contributed by atoms with E-state index in [1.807, 2.05) is 0 Å². The number of allylic oxidation sites excluding steroid dienone is 2. The van der Waals surface area contributed by atoms with Crippen LogP contribution < -0.4 is 4.74 Å². The Morgan fingerprint density at radius 1 is 1.39 bits per heavy atom. The van der Waals surface area contributed by atoms with Gasteiger partial charge in [-0.2, -0.15) is 17.6 Å². The van der Waals surface area contributed by atoms with Crippen LogP contribution >= 0.6 is 11.3 Å². The third-order valence-corrected chi connectivity index (χ3v) is 5.63. The molecule has 0 saturated heterocycles. The van der Waals surface area contributed by atoms with Crippen molar-refractivity contribution in [3.05, 3.63) is 51.5 Å².